The summed E-state index contributed by atoms with van der Waals surface area (Å²) in [7, 11) is 1.83. The van der Waals surface area contributed by atoms with Gasteiger partial charge in [-0.3, -0.25) is 0 Å². The van der Waals surface area contributed by atoms with Crippen molar-refractivity contribution in [2.24, 2.45) is 0 Å². The lowest BCUT2D eigenvalue weighted by Crippen LogP contribution is -2.06. The van der Waals surface area contributed by atoms with Gasteiger partial charge in [0.15, 0.2) is 5.82 Å². The zero-order valence-corrected chi connectivity index (χ0v) is 8.63. The Labute approximate surface area is 84.5 Å². The first-order valence-corrected chi connectivity index (χ1v) is 4.85. The van der Waals surface area contributed by atoms with Crippen molar-refractivity contribution < 1.29 is 4.52 Å². The highest BCUT2D eigenvalue weighted by Gasteiger charge is 2.13. The largest absolute Gasteiger partial charge is 0.333 e. The molecule has 0 fully saturated rings. The Morgan fingerprint density at radius 3 is 3.00 bits per heavy atom. The zero-order valence-electron chi connectivity index (χ0n) is 7.81. The van der Waals surface area contributed by atoms with Gasteiger partial charge in [-0.1, -0.05) is 9.64 Å². The van der Waals surface area contributed by atoms with E-state index in [9.17, 15) is 0 Å². The van der Waals surface area contributed by atoms with Crippen molar-refractivity contribution in [1.82, 2.24) is 25.0 Å². The second kappa shape index (κ2) is 3.81. The van der Waals surface area contributed by atoms with Crippen LogP contribution >= 0.6 is 11.5 Å². The average molecular weight is 211 g/mol. The molecular formula is C7H9N5OS. The summed E-state index contributed by atoms with van der Waals surface area (Å²) in [4.78, 5) is 5.03. The minimum atomic E-state index is 0.489. The topological polar surface area (TPSA) is 76.7 Å². The monoisotopic (exact) mass is 211 g/mol. The number of aryl methyl sites for hydroxylation is 1. The predicted octanol–water partition coefficient (Wildman–Crippen LogP) is 0.616. The molecule has 0 aliphatic rings. The maximum Gasteiger partial charge on any atom is 0.271 e. The van der Waals surface area contributed by atoms with E-state index in [1.807, 2.05) is 14.0 Å². The van der Waals surface area contributed by atoms with Crippen molar-refractivity contribution in [3.63, 3.8) is 0 Å². The minimum Gasteiger partial charge on any atom is -0.333 e. The van der Waals surface area contributed by atoms with Gasteiger partial charge in [-0.05, 0) is 25.5 Å². The number of aromatic nitrogens is 4. The molecule has 0 unspecified atom stereocenters. The van der Waals surface area contributed by atoms with Gasteiger partial charge in [0.25, 0.3) is 5.89 Å². The van der Waals surface area contributed by atoms with Gasteiger partial charge in [-0.25, -0.2) is 0 Å². The summed E-state index contributed by atoms with van der Waals surface area (Å²) < 4.78 is 8.87. The molecule has 0 saturated carbocycles. The second-order valence-corrected chi connectivity index (χ2v) is 3.49. The maximum atomic E-state index is 5.07. The van der Waals surface area contributed by atoms with Gasteiger partial charge in [-0.2, -0.15) is 4.98 Å². The Kier molecular flexibility index (Phi) is 2.51. The molecule has 0 aliphatic heterocycles. The molecule has 0 amide bonds. The van der Waals surface area contributed by atoms with Crippen molar-refractivity contribution in [3.8, 4) is 10.8 Å². The number of nitrogens with one attached hydrogen (secondary N) is 1. The maximum absolute atomic E-state index is 5.07. The fraction of sp³-hybridized carbons (Fsp3) is 0.429. The zero-order chi connectivity index (χ0) is 9.97. The number of hydrogen-bond donors (Lipinski definition) is 1. The van der Waals surface area contributed by atoms with Crippen molar-refractivity contribution in [2.45, 2.75) is 13.5 Å². The normalized spacial score (nSPS) is 10.7. The molecule has 0 radical (unpaired) electrons. The van der Waals surface area contributed by atoms with Crippen LogP contribution in [0.4, 0.5) is 0 Å². The summed E-state index contributed by atoms with van der Waals surface area (Å²) in [6.07, 6.45) is 0. The lowest BCUT2D eigenvalue weighted by atomic mass is 10.4. The number of rotatable bonds is 3. The van der Waals surface area contributed by atoms with Crippen LogP contribution in [0.2, 0.25) is 0 Å². The molecule has 2 heterocycles. The molecule has 2 rings (SSSR count). The van der Waals surface area contributed by atoms with Gasteiger partial charge < -0.3 is 9.84 Å². The predicted molar refractivity (Wildman–Crippen MR) is 50.7 cm³/mol. The molecule has 0 aromatic carbocycles. The quantitative estimate of drug-likeness (QED) is 0.801. The summed E-state index contributed by atoms with van der Waals surface area (Å²) in [6.45, 7) is 2.45. The third-order valence-electron chi connectivity index (χ3n) is 1.65. The van der Waals surface area contributed by atoms with Crippen molar-refractivity contribution in [1.29, 1.82) is 0 Å². The van der Waals surface area contributed by atoms with Crippen LogP contribution in [-0.2, 0) is 6.54 Å². The molecule has 1 N–H and O–H groups in total. The summed E-state index contributed by atoms with van der Waals surface area (Å²) in [5.74, 6) is 1.12. The molecule has 0 atom stereocenters. The van der Waals surface area contributed by atoms with Crippen LogP contribution in [0, 0.1) is 6.92 Å². The van der Waals surface area contributed by atoms with E-state index in [4.69, 9.17) is 4.52 Å². The standard InChI is InChI=1S/C7H9N5OS/c1-4-6(14-12-10-4)7-9-5(3-8-2)11-13-7/h8H,3H2,1-2H3. The van der Waals surface area contributed by atoms with E-state index in [0.717, 1.165) is 10.6 Å². The Hall–Kier alpha value is -1.34. The highest BCUT2D eigenvalue weighted by molar-refractivity contribution is 7.09. The third-order valence-corrected chi connectivity index (χ3v) is 2.46. The van der Waals surface area contributed by atoms with Crippen LogP contribution in [0.3, 0.4) is 0 Å². The fourth-order valence-corrected chi connectivity index (χ4v) is 1.58. The van der Waals surface area contributed by atoms with Crippen LogP contribution in [-0.4, -0.2) is 26.8 Å². The number of hydrogen-bond acceptors (Lipinski definition) is 7. The van der Waals surface area contributed by atoms with Crippen molar-refractivity contribution >= 4 is 11.5 Å². The summed E-state index contributed by atoms with van der Waals surface area (Å²) in [6, 6.07) is 0. The lowest BCUT2D eigenvalue weighted by Gasteiger charge is -1.87. The van der Waals surface area contributed by atoms with Crippen LogP contribution < -0.4 is 5.32 Å². The molecule has 6 nitrogen and oxygen atoms in total. The Bertz CT molecular complexity index is 423. The van der Waals surface area contributed by atoms with Gasteiger partial charge >= 0.3 is 0 Å². The van der Waals surface area contributed by atoms with Gasteiger partial charge in [0, 0.05) is 0 Å². The molecule has 7 heteroatoms. The van der Waals surface area contributed by atoms with Crippen molar-refractivity contribution in [3.05, 3.63) is 11.5 Å². The summed E-state index contributed by atoms with van der Waals surface area (Å²) in [5, 5.41) is 10.6. The molecule has 0 aliphatic carbocycles. The molecule has 74 valence electrons. The van der Waals surface area contributed by atoms with E-state index in [2.05, 4.69) is 25.0 Å². The summed E-state index contributed by atoms with van der Waals surface area (Å²) >= 11 is 1.26. The van der Waals surface area contributed by atoms with Crippen LogP contribution in [0.5, 0.6) is 0 Å². The first-order valence-electron chi connectivity index (χ1n) is 4.07. The van der Waals surface area contributed by atoms with Gasteiger partial charge in [0.1, 0.15) is 4.88 Å². The highest BCUT2D eigenvalue weighted by Crippen LogP contribution is 2.23. The van der Waals surface area contributed by atoms with E-state index in [1.165, 1.54) is 11.5 Å². The Morgan fingerprint density at radius 2 is 2.36 bits per heavy atom. The molecule has 2 aromatic heterocycles. The molecule has 0 saturated heterocycles. The first kappa shape index (κ1) is 9.22. The van der Waals surface area contributed by atoms with E-state index in [0.29, 0.717) is 18.3 Å². The van der Waals surface area contributed by atoms with Gasteiger partial charge in [-0.15, -0.1) is 5.10 Å². The van der Waals surface area contributed by atoms with Crippen molar-refractivity contribution in [2.75, 3.05) is 7.05 Å². The minimum absolute atomic E-state index is 0.489. The van der Waals surface area contributed by atoms with Gasteiger partial charge in [0.05, 0.1) is 12.2 Å². The third kappa shape index (κ3) is 1.64. The molecule has 2 aromatic rings. The highest BCUT2D eigenvalue weighted by atomic mass is 32.1. The van der Waals surface area contributed by atoms with E-state index in [1.54, 1.807) is 0 Å². The van der Waals surface area contributed by atoms with E-state index < -0.39 is 0 Å². The Balaban J connectivity index is 2.29. The summed E-state index contributed by atoms with van der Waals surface area (Å²) in [5.41, 5.74) is 0.814. The average Bonchev–Trinajstić information content (AvgIpc) is 2.74. The number of nitrogens with zero attached hydrogens (tertiary/aromatic N) is 4. The van der Waals surface area contributed by atoms with Gasteiger partial charge in [0.2, 0.25) is 0 Å². The van der Waals surface area contributed by atoms with Crippen LogP contribution in [0.15, 0.2) is 4.52 Å². The van der Waals surface area contributed by atoms with E-state index in [-0.39, 0.29) is 0 Å². The Morgan fingerprint density at radius 1 is 1.50 bits per heavy atom. The van der Waals surface area contributed by atoms with Crippen LogP contribution in [0.1, 0.15) is 11.5 Å². The first-order chi connectivity index (χ1) is 6.81. The molecule has 14 heavy (non-hydrogen) atoms. The SMILES string of the molecule is CNCc1noc(-c2snnc2C)n1. The lowest BCUT2D eigenvalue weighted by molar-refractivity contribution is 0.421. The smallest absolute Gasteiger partial charge is 0.271 e. The molecular weight excluding hydrogens is 202 g/mol. The second-order valence-electron chi connectivity index (χ2n) is 2.73. The molecule has 0 bridgehead atoms. The molecule has 0 spiro atoms. The fourth-order valence-electron chi connectivity index (χ4n) is 1.00. The van der Waals surface area contributed by atoms with Crippen LogP contribution in [0.25, 0.3) is 10.8 Å². The van der Waals surface area contributed by atoms with E-state index >= 15 is 0 Å².